The summed E-state index contributed by atoms with van der Waals surface area (Å²) in [5, 5.41) is 2.62. The Labute approximate surface area is 108 Å². The molecule has 0 spiro atoms. The number of benzene rings is 3. The number of fused-ring (bicyclic) bond motifs is 1. The van der Waals surface area contributed by atoms with Gasteiger partial charge in [-0.15, -0.1) is 0 Å². The molecule has 0 nitrogen and oxygen atoms in total. The summed E-state index contributed by atoms with van der Waals surface area (Å²) in [4.78, 5) is 0. The van der Waals surface area contributed by atoms with Crippen molar-refractivity contribution in [2.24, 2.45) is 0 Å². The fraction of sp³-hybridized carbons (Fsp3) is 0.0588. The summed E-state index contributed by atoms with van der Waals surface area (Å²) in [6, 6.07) is 25.9. The first-order valence-electron chi connectivity index (χ1n) is 6.38. The third-order valence-electron chi connectivity index (χ3n) is 3.57. The van der Waals surface area contributed by atoms with Gasteiger partial charge >= 0.3 is 0 Å². The lowest BCUT2D eigenvalue weighted by Gasteiger charge is -2.10. The molecule has 0 aliphatic carbocycles. The maximum atomic E-state index is 2.30. The zero-order valence-corrected chi connectivity index (χ0v) is 10.5. The van der Waals surface area contributed by atoms with Crippen LogP contribution in [0.1, 0.15) is 0 Å². The standard InChI is InChI=1S/C17H15B/c1-18(16-9-3-2-4-10-16)17-12-11-14-7-5-6-8-15(14)13-17/h2-13H,1H3. The molecule has 0 N–H and O–H groups in total. The highest BCUT2D eigenvalue weighted by Crippen LogP contribution is 2.11. The summed E-state index contributed by atoms with van der Waals surface area (Å²) in [7, 11) is 0. The molecule has 86 valence electrons. The second-order valence-corrected chi connectivity index (χ2v) is 4.74. The van der Waals surface area contributed by atoms with Gasteiger partial charge in [-0.05, 0) is 10.8 Å². The van der Waals surface area contributed by atoms with Gasteiger partial charge < -0.3 is 0 Å². The van der Waals surface area contributed by atoms with Gasteiger partial charge in [-0.2, -0.15) is 0 Å². The topological polar surface area (TPSA) is 0 Å². The van der Waals surface area contributed by atoms with E-state index in [1.807, 2.05) is 0 Å². The third-order valence-corrected chi connectivity index (χ3v) is 3.57. The lowest BCUT2D eigenvalue weighted by Crippen LogP contribution is -2.38. The molecule has 0 atom stereocenters. The normalized spacial score (nSPS) is 10.5. The Morgan fingerprint density at radius 3 is 2.06 bits per heavy atom. The molecule has 0 radical (unpaired) electrons. The van der Waals surface area contributed by atoms with Crippen LogP contribution >= 0.6 is 0 Å². The minimum absolute atomic E-state index is 0.441. The minimum atomic E-state index is 0.441. The Hall–Kier alpha value is -2.02. The van der Waals surface area contributed by atoms with Gasteiger partial charge in [0.15, 0.2) is 0 Å². The summed E-state index contributed by atoms with van der Waals surface area (Å²) in [5.41, 5.74) is 2.74. The van der Waals surface area contributed by atoms with Crippen LogP contribution in [-0.4, -0.2) is 6.71 Å². The Morgan fingerprint density at radius 1 is 0.611 bits per heavy atom. The molecule has 0 amide bonds. The van der Waals surface area contributed by atoms with E-state index in [2.05, 4.69) is 79.6 Å². The first-order chi connectivity index (χ1) is 8.84. The van der Waals surface area contributed by atoms with Crippen LogP contribution in [0.3, 0.4) is 0 Å². The Bertz CT molecular complexity index is 659. The van der Waals surface area contributed by atoms with E-state index in [-0.39, 0.29) is 0 Å². The van der Waals surface area contributed by atoms with E-state index >= 15 is 0 Å². The summed E-state index contributed by atoms with van der Waals surface area (Å²) >= 11 is 0. The van der Waals surface area contributed by atoms with E-state index in [1.54, 1.807) is 0 Å². The molecule has 0 aromatic heterocycles. The summed E-state index contributed by atoms with van der Waals surface area (Å²) in [5.74, 6) is 0. The van der Waals surface area contributed by atoms with E-state index in [1.165, 1.54) is 21.7 Å². The van der Waals surface area contributed by atoms with Crippen molar-refractivity contribution in [2.75, 3.05) is 0 Å². The number of hydrogen-bond acceptors (Lipinski definition) is 0. The zero-order valence-electron chi connectivity index (χ0n) is 10.5. The predicted molar refractivity (Wildman–Crippen MR) is 81.3 cm³/mol. The first-order valence-corrected chi connectivity index (χ1v) is 6.38. The summed E-state index contributed by atoms with van der Waals surface area (Å²) < 4.78 is 0. The molecule has 0 unspecified atom stereocenters. The highest BCUT2D eigenvalue weighted by Gasteiger charge is 2.12. The lowest BCUT2D eigenvalue weighted by molar-refractivity contribution is 1.74. The fourth-order valence-electron chi connectivity index (χ4n) is 2.41. The maximum Gasteiger partial charge on any atom is 0.206 e. The molecule has 1 heteroatoms. The Morgan fingerprint density at radius 2 is 1.28 bits per heavy atom. The molecule has 0 heterocycles. The van der Waals surface area contributed by atoms with E-state index in [9.17, 15) is 0 Å². The van der Waals surface area contributed by atoms with Crippen molar-refractivity contribution in [3.63, 3.8) is 0 Å². The second kappa shape index (κ2) is 4.69. The van der Waals surface area contributed by atoms with Gasteiger partial charge in [-0.25, -0.2) is 0 Å². The molecule has 18 heavy (non-hydrogen) atoms. The van der Waals surface area contributed by atoms with E-state index in [0.717, 1.165) is 0 Å². The van der Waals surface area contributed by atoms with Crippen molar-refractivity contribution >= 4 is 28.4 Å². The number of rotatable bonds is 2. The van der Waals surface area contributed by atoms with Gasteiger partial charge in [-0.1, -0.05) is 90.5 Å². The van der Waals surface area contributed by atoms with Gasteiger partial charge in [0, 0.05) is 0 Å². The van der Waals surface area contributed by atoms with Crippen molar-refractivity contribution in [1.29, 1.82) is 0 Å². The van der Waals surface area contributed by atoms with E-state index < -0.39 is 0 Å². The smallest absolute Gasteiger partial charge is 0.0774 e. The summed E-state index contributed by atoms with van der Waals surface area (Å²) in [6.07, 6.45) is 0. The average Bonchev–Trinajstić information content (AvgIpc) is 2.47. The van der Waals surface area contributed by atoms with Crippen molar-refractivity contribution in [3.05, 3.63) is 72.8 Å². The van der Waals surface area contributed by atoms with E-state index in [4.69, 9.17) is 0 Å². The van der Waals surface area contributed by atoms with Crippen LogP contribution in [-0.2, 0) is 0 Å². The molecule has 0 bridgehead atoms. The number of hydrogen-bond donors (Lipinski definition) is 0. The van der Waals surface area contributed by atoms with Crippen molar-refractivity contribution in [1.82, 2.24) is 0 Å². The predicted octanol–water partition coefficient (Wildman–Crippen LogP) is 3.08. The van der Waals surface area contributed by atoms with Gasteiger partial charge in [0.1, 0.15) is 0 Å². The van der Waals surface area contributed by atoms with Gasteiger partial charge in [0.25, 0.3) is 0 Å². The van der Waals surface area contributed by atoms with Crippen LogP contribution in [0, 0.1) is 0 Å². The molecule has 0 saturated carbocycles. The van der Waals surface area contributed by atoms with Crippen LogP contribution in [0.5, 0.6) is 0 Å². The van der Waals surface area contributed by atoms with Crippen molar-refractivity contribution in [3.8, 4) is 0 Å². The van der Waals surface area contributed by atoms with E-state index in [0.29, 0.717) is 6.71 Å². The van der Waals surface area contributed by atoms with Crippen LogP contribution in [0.15, 0.2) is 72.8 Å². The Kier molecular flexibility index (Phi) is 2.89. The Balaban J connectivity index is 2.04. The maximum absolute atomic E-state index is 2.30. The molecule has 0 fully saturated rings. The molecule has 3 rings (SSSR count). The fourth-order valence-corrected chi connectivity index (χ4v) is 2.41. The molecule has 0 saturated heterocycles. The van der Waals surface area contributed by atoms with Crippen LogP contribution in [0.2, 0.25) is 6.82 Å². The third kappa shape index (κ3) is 2.04. The second-order valence-electron chi connectivity index (χ2n) is 4.74. The van der Waals surface area contributed by atoms with Crippen molar-refractivity contribution in [2.45, 2.75) is 6.82 Å². The largest absolute Gasteiger partial charge is 0.206 e. The molecular weight excluding hydrogens is 215 g/mol. The first kappa shape index (κ1) is 11.1. The van der Waals surface area contributed by atoms with Crippen LogP contribution in [0.4, 0.5) is 0 Å². The SMILES string of the molecule is CB(c1ccccc1)c1ccc2ccccc2c1. The lowest BCUT2D eigenvalue weighted by atomic mass is 9.42. The van der Waals surface area contributed by atoms with Crippen LogP contribution in [0.25, 0.3) is 10.8 Å². The molecule has 3 aromatic rings. The molecule has 0 aliphatic heterocycles. The molecule has 0 aliphatic rings. The average molecular weight is 230 g/mol. The molecular formula is C17H15B. The van der Waals surface area contributed by atoms with Crippen molar-refractivity contribution < 1.29 is 0 Å². The monoisotopic (exact) mass is 230 g/mol. The summed E-state index contributed by atoms with van der Waals surface area (Å²) in [6.45, 7) is 2.70. The zero-order chi connectivity index (χ0) is 12.4. The van der Waals surface area contributed by atoms with Crippen LogP contribution < -0.4 is 10.9 Å². The van der Waals surface area contributed by atoms with Gasteiger partial charge in [-0.3, -0.25) is 0 Å². The van der Waals surface area contributed by atoms with Gasteiger partial charge in [0.05, 0.1) is 0 Å². The molecule has 3 aromatic carbocycles. The highest BCUT2D eigenvalue weighted by atomic mass is 14.0. The highest BCUT2D eigenvalue weighted by molar-refractivity contribution is 6.84. The van der Waals surface area contributed by atoms with Gasteiger partial charge in [0.2, 0.25) is 6.71 Å². The quantitative estimate of drug-likeness (QED) is 0.593. The minimum Gasteiger partial charge on any atom is -0.0774 e.